The molecule has 24 heavy (non-hydrogen) atoms. The van der Waals surface area contributed by atoms with Crippen LogP contribution in [0.2, 0.25) is 0 Å². The summed E-state index contributed by atoms with van der Waals surface area (Å²) in [7, 11) is 0. The molecule has 0 spiro atoms. The summed E-state index contributed by atoms with van der Waals surface area (Å²) in [4.78, 5) is 11.2. The minimum absolute atomic E-state index is 0.172. The number of nitrogens with one attached hydrogen (secondary N) is 1. The number of hydrogen-bond acceptors (Lipinski definition) is 4. The Morgan fingerprint density at radius 3 is 2.42 bits per heavy atom. The fourth-order valence-electron chi connectivity index (χ4n) is 4.28. The Labute approximate surface area is 148 Å². The molecule has 0 aromatic rings. The van der Waals surface area contributed by atoms with Gasteiger partial charge in [-0.1, -0.05) is 32.1 Å². The Morgan fingerprint density at radius 1 is 1.00 bits per heavy atom. The molecule has 0 bridgehead atoms. The van der Waals surface area contributed by atoms with Gasteiger partial charge in [0.25, 0.3) is 0 Å². The van der Waals surface area contributed by atoms with Gasteiger partial charge in [0.1, 0.15) is 0 Å². The molecular formula is C20H37NO3. The largest absolute Gasteiger partial charge is 0.465 e. The van der Waals surface area contributed by atoms with Crippen molar-refractivity contribution in [2.45, 2.75) is 83.7 Å². The van der Waals surface area contributed by atoms with Gasteiger partial charge in [0, 0.05) is 6.61 Å². The smallest absolute Gasteiger partial charge is 0.319 e. The van der Waals surface area contributed by atoms with Crippen LogP contribution >= 0.6 is 0 Å². The SMILES string of the molecule is CCOC(=O)CNCCCOC1CCC(CC2CCCCC2)CC1. The fraction of sp³-hybridized carbons (Fsp3) is 0.950. The third kappa shape index (κ3) is 7.98. The third-order valence-corrected chi connectivity index (χ3v) is 5.61. The molecule has 0 amide bonds. The summed E-state index contributed by atoms with van der Waals surface area (Å²) in [5.41, 5.74) is 0. The van der Waals surface area contributed by atoms with E-state index in [4.69, 9.17) is 9.47 Å². The number of carbonyl (C=O) groups is 1. The zero-order chi connectivity index (χ0) is 17.0. The first kappa shape index (κ1) is 19.7. The molecule has 0 atom stereocenters. The van der Waals surface area contributed by atoms with E-state index in [-0.39, 0.29) is 5.97 Å². The zero-order valence-electron chi connectivity index (χ0n) is 15.6. The van der Waals surface area contributed by atoms with Crippen molar-refractivity contribution < 1.29 is 14.3 Å². The quantitative estimate of drug-likeness (QED) is 0.481. The lowest BCUT2D eigenvalue weighted by atomic mass is 9.77. The fourth-order valence-corrected chi connectivity index (χ4v) is 4.28. The second-order valence-electron chi connectivity index (χ2n) is 7.59. The molecule has 2 aliphatic carbocycles. The Kier molecular flexibility index (Phi) is 9.74. The molecule has 2 rings (SSSR count). The molecule has 0 aromatic carbocycles. The van der Waals surface area contributed by atoms with E-state index in [0.29, 0.717) is 19.3 Å². The van der Waals surface area contributed by atoms with Crippen LogP contribution in [0.25, 0.3) is 0 Å². The topological polar surface area (TPSA) is 47.6 Å². The molecule has 0 unspecified atom stereocenters. The van der Waals surface area contributed by atoms with Crippen LogP contribution in [0.1, 0.15) is 77.6 Å². The van der Waals surface area contributed by atoms with E-state index in [1.807, 2.05) is 6.92 Å². The normalized spacial score (nSPS) is 25.5. The number of hydrogen-bond donors (Lipinski definition) is 1. The van der Waals surface area contributed by atoms with Crippen LogP contribution in [0.3, 0.4) is 0 Å². The molecule has 0 aromatic heterocycles. The molecule has 1 N–H and O–H groups in total. The molecule has 4 nitrogen and oxygen atoms in total. The maximum Gasteiger partial charge on any atom is 0.319 e. The first-order valence-electron chi connectivity index (χ1n) is 10.3. The van der Waals surface area contributed by atoms with Crippen molar-refractivity contribution in [3.8, 4) is 0 Å². The second-order valence-corrected chi connectivity index (χ2v) is 7.59. The van der Waals surface area contributed by atoms with Gasteiger partial charge >= 0.3 is 5.97 Å². The summed E-state index contributed by atoms with van der Waals surface area (Å²) in [6.07, 6.45) is 15.5. The van der Waals surface area contributed by atoms with Gasteiger partial charge in [-0.15, -0.1) is 0 Å². The minimum Gasteiger partial charge on any atom is -0.465 e. The average molecular weight is 340 g/mol. The van der Waals surface area contributed by atoms with E-state index < -0.39 is 0 Å². The average Bonchev–Trinajstić information content (AvgIpc) is 2.60. The summed E-state index contributed by atoms with van der Waals surface area (Å²) < 4.78 is 10.9. The van der Waals surface area contributed by atoms with Crippen molar-refractivity contribution >= 4 is 5.97 Å². The molecule has 0 radical (unpaired) electrons. The number of rotatable bonds is 10. The molecule has 0 aliphatic heterocycles. The maximum absolute atomic E-state index is 11.2. The lowest BCUT2D eigenvalue weighted by Crippen LogP contribution is -2.27. The molecule has 140 valence electrons. The summed E-state index contributed by atoms with van der Waals surface area (Å²) >= 11 is 0. The van der Waals surface area contributed by atoms with Gasteiger partial charge in [-0.25, -0.2) is 0 Å². The van der Waals surface area contributed by atoms with Crippen LogP contribution in [0.15, 0.2) is 0 Å². The predicted octanol–water partition coefficient (Wildman–Crippen LogP) is 4.08. The lowest BCUT2D eigenvalue weighted by Gasteiger charge is -2.32. The number of esters is 1. The molecule has 2 aliphatic rings. The predicted molar refractivity (Wildman–Crippen MR) is 97.0 cm³/mol. The van der Waals surface area contributed by atoms with Crippen molar-refractivity contribution in [3.05, 3.63) is 0 Å². The lowest BCUT2D eigenvalue weighted by molar-refractivity contribution is -0.142. The number of ether oxygens (including phenoxy) is 2. The van der Waals surface area contributed by atoms with Gasteiger partial charge < -0.3 is 14.8 Å². The highest BCUT2D eigenvalue weighted by Gasteiger charge is 2.24. The molecule has 0 saturated heterocycles. The molecular weight excluding hydrogens is 302 g/mol. The monoisotopic (exact) mass is 339 g/mol. The van der Waals surface area contributed by atoms with E-state index >= 15 is 0 Å². The van der Waals surface area contributed by atoms with E-state index in [0.717, 1.165) is 31.4 Å². The van der Waals surface area contributed by atoms with Crippen LogP contribution in [-0.4, -0.2) is 38.4 Å². The first-order valence-corrected chi connectivity index (χ1v) is 10.3. The highest BCUT2D eigenvalue weighted by molar-refractivity contribution is 5.71. The molecule has 0 heterocycles. The van der Waals surface area contributed by atoms with Crippen LogP contribution in [-0.2, 0) is 14.3 Å². The van der Waals surface area contributed by atoms with Gasteiger partial charge in [-0.3, -0.25) is 4.79 Å². The van der Waals surface area contributed by atoms with E-state index in [1.165, 1.54) is 64.2 Å². The summed E-state index contributed by atoms with van der Waals surface area (Å²) in [6, 6.07) is 0. The molecule has 4 heteroatoms. The zero-order valence-corrected chi connectivity index (χ0v) is 15.6. The highest BCUT2D eigenvalue weighted by atomic mass is 16.5. The summed E-state index contributed by atoms with van der Waals surface area (Å²) in [6.45, 7) is 4.20. The maximum atomic E-state index is 11.2. The van der Waals surface area contributed by atoms with Crippen molar-refractivity contribution in [3.63, 3.8) is 0 Å². The van der Waals surface area contributed by atoms with Crippen LogP contribution in [0.4, 0.5) is 0 Å². The van der Waals surface area contributed by atoms with E-state index in [1.54, 1.807) is 0 Å². The van der Waals surface area contributed by atoms with E-state index in [2.05, 4.69) is 5.32 Å². The van der Waals surface area contributed by atoms with Crippen LogP contribution < -0.4 is 5.32 Å². The Bertz CT molecular complexity index is 334. The number of carbonyl (C=O) groups excluding carboxylic acids is 1. The second kappa shape index (κ2) is 11.9. The summed E-state index contributed by atoms with van der Waals surface area (Å²) in [5.74, 6) is 1.81. The van der Waals surface area contributed by atoms with Crippen molar-refractivity contribution in [1.29, 1.82) is 0 Å². The van der Waals surface area contributed by atoms with E-state index in [9.17, 15) is 4.79 Å². The first-order chi connectivity index (χ1) is 11.8. The van der Waals surface area contributed by atoms with Gasteiger partial charge in [-0.2, -0.15) is 0 Å². The third-order valence-electron chi connectivity index (χ3n) is 5.61. The Hall–Kier alpha value is -0.610. The highest BCUT2D eigenvalue weighted by Crippen LogP contribution is 2.35. The standard InChI is InChI=1S/C20H37NO3/c1-2-23-20(22)16-21-13-6-14-24-19-11-9-18(10-12-19)15-17-7-4-3-5-8-17/h17-19,21H,2-16H2,1H3. The molecule has 2 fully saturated rings. The van der Waals surface area contributed by atoms with Crippen molar-refractivity contribution in [2.24, 2.45) is 11.8 Å². The van der Waals surface area contributed by atoms with Crippen LogP contribution in [0.5, 0.6) is 0 Å². The minimum atomic E-state index is -0.172. The Morgan fingerprint density at radius 2 is 1.71 bits per heavy atom. The van der Waals surface area contributed by atoms with Gasteiger partial charge in [-0.05, 0) is 63.8 Å². The van der Waals surface area contributed by atoms with Crippen molar-refractivity contribution in [2.75, 3.05) is 26.3 Å². The summed E-state index contributed by atoms with van der Waals surface area (Å²) in [5, 5.41) is 3.11. The molecule has 2 saturated carbocycles. The van der Waals surface area contributed by atoms with Gasteiger partial charge in [0.2, 0.25) is 0 Å². The van der Waals surface area contributed by atoms with Crippen LogP contribution in [0, 0.1) is 11.8 Å². The van der Waals surface area contributed by atoms with Gasteiger partial charge in [0.05, 0.1) is 19.3 Å². The van der Waals surface area contributed by atoms with Crippen molar-refractivity contribution in [1.82, 2.24) is 5.32 Å². The Balaban J connectivity index is 1.44. The van der Waals surface area contributed by atoms with Gasteiger partial charge in [0.15, 0.2) is 0 Å².